The fourth-order valence-electron chi connectivity index (χ4n) is 2.15. The molecule has 4 heteroatoms. The summed E-state index contributed by atoms with van der Waals surface area (Å²) in [5.74, 6) is -0.0874. The molecule has 0 saturated heterocycles. The van der Waals surface area contributed by atoms with Crippen molar-refractivity contribution >= 4 is 34.7 Å². The van der Waals surface area contributed by atoms with E-state index in [-0.39, 0.29) is 11.9 Å². The van der Waals surface area contributed by atoms with E-state index < -0.39 is 0 Å². The molecule has 1 atom stereocenters. The normalized spacial score (nSPS) is 12.4. The molecule has 2 nitrogen and oxygen atoms in total. The van der Waals surface area contributed by atoms with Crippen LogP contribution in [-0.4, -0.2) is 5.91 Å². The molecule has 0 unspecified atom stereocenters. The second-order valence-corrected chi connectivity index (χ2v) is 6.68. The Morgan fingerprint density at radius 2 is 1.73 bits per heavy atom. The summed E-state index contributed by atoms with van der Waals surface area (Å²) >= 11 is 3.26. The number of carbonyl (C=O) groups is 1. The van der Waals surface area contributed by atoms with E-state index in [2.05, 4.69) is 5.32 Å². The maximum Gasteiger partial charge on any atom is 0.244 e. The van der Waals surface area contributed by atoms with Gasteiger partial charge >= 0.3 is 0 Å². The van der Waals surface area contributed by atoms with E-state index in [9.17, 15) is 4.79 Å². The molecule has 3 rings (SSSR count). The van der Waals surface area contributed by atoms with Gasteiger partial charge in [-0.2, -0.15) is 0 Å². The molecule has 22 heavy (non-hydrogen) atoms. The predicted octanol–water partition coefficient (Wildman–Crippen LogP) is 4.73. The van der Waals surface area contributed by atoms with Crippen molar-refractivity contribution in [1.29, 1.82) is 0 Å². The zero-order valence-electron chi connectivity index (χ0n) is 11.8. The zero-order chi connectivity index (χ0) is 15.2. The lowest BCUT2D eigenvalue weighted by molar-refractivity contribution is -0.116. The van der Waals surface area contributed by atoms with Gasteiger partial charge in [-0.3, -0.25) is 4.79 Å². The van der Waals surface area contributed by atoms with Crippen LogP contribution in [0.3, 0.4) is 0 Å². The Balaban J connectivity index is 1.77. The molecule has 0 spiro atoms. The third-order valence-corrected chi connectivity index (χ3v) is 4.96. The van der Waals surface area contributed by atoms with Gasteiger partial charge in [0.1, 0.15) is 0 Å². The van der Waals surface area contributed by atoms with E-state index in [0.29, 0.717) is 0 Å². The molecule has 2 heterocycles. The Morgan fingerprint density at radius 3 is 2.41 bits per heavy atom. The summed E-state index contributed by atoms with van der Waals surface area (Å²) in [7, 11) is 0. The SMILES string of the molecule is O=C(/C=C/c1cccs1)N[C@@H](c1ccccc1)c1cccs1. The molecule has 2 aromatic heterocycles. The summed E-state index contributed by atoms with van der Waals surface area (Å²) in [6, 6.07) is 17.9. The van der Waals surface area contributed by atoms with E-state index in [1.54, 1.807) is 28.7 Å². The Bertz CT molecular complexity index is 731. The number of hydrogen-bond donors (Lipinski definition) is 1. The summed E-state index contributed by atoms with van der Waals surface area (Å²) in [4.78, 5) is 14.4. The third-order valence-electron chi connectivity index (χ3n) is 3.19. The molecule has 0 aliphatic rings. The standard InChI is InChI=1S/C18H15NOS2/c20-17(11-10-15-8-4-12-21-15)19-18(16-9-5-13-22-16)14-6-2-1-3-7-14/h1-13,18H,(H,19,20)/b11-10+/t18-/m0/s1. The first-order valence-corrected chi connectivity index (χ1v) is 8.69. The summed E-state index contributed by atoms with van der Waals surface area (Å²) in [6.07, 6.45) is 3.44. The second kappa shape index (κ2) is 7.20. The summed E-state index contributed by atoms with van der Waals surface area (Å²) in [5, 5.41) is 7.11. The lowest BCUT2D eigenvalue weighted by Crippen LogP contribution is -2.27. The lowest BCUT2D eigenvalue weighted by Gasteiger charge is -2.17. The molecular weight excluding hydrogens is 310 g/mol. The summed E-state index contributed by atoms with van der Waals surface area (Å²) < 4.78 is 0. The van der Waals surface area contributed by atoms with Crippen LogP contribution in [0.1, 0.15) is 21.4 Å². The first kappa shape index (κ1) is 14.8. The minimum atomic E-state index is -0.110. The van der Waals surface area contributed by atoms with Crippen LogP contribution in [0.5, 0.6) is 0 Å². The molecule has 0 aliphatic heterocycles. The molecular formula is C18H15NOS2. The van der Waals surface area contributed by atoms with Gasteiger partial charge in [-0.05, 0) is 34.5 Å². The number of hydrogen-bond acceptors (Lipinski definition) is 3. The van der Waals surface area contributed by atoms with Crippen LogP contribution < -0.4 is 5.32 Å². The Hall–Kier alpha value is -2.17. The van der Waals surface area contributed by atoms with Gasteiger partial charge in [0.2, 0.25) is 5.91 Å². The van der Waals surface area contributed by atoms with Crippen LogP contribution in [-0.2, 0) is 4.79 Å². The Kier molecular flexibility index (Phi) is 4.83. The molecule has 0 radical (unpaired) electrons. The van der Waals surface area contributed by atoms with Crippen LogP contribution in [0.15, 0.2) is 71.4 Å². The summed E-state index contributed by atoms with van der Waals surface area (Å²) in [6.45, 7) is 0. The number of amides is 1. The van der Waals surface area contributed by atoms with Crippen LogP contribution >= 0.6 is 22.7 Å². The van der Waals surface area contributed by atoms with Crippen molar-refractivity contribution in [2.75, 3.05) is 0 Å². The average Bonchev–Trinajstić information content (AvgIpc) is 3.25. The van der Waals surface area contributed by atoms with Gasteiger partial charge in [0, 0.05) is 15.8 Å². The van der Waals surface area contributed by atoms with E-state index >= 15 is 0 Å². The van der Waals surface area contributed by atoms with Crippen molar-refractivity contribution in [3.8, 4) is 0 Å². The highest BCUT2D eigenvalue weighted by Gasteiger charge is 2.16. The quantitative estimate of drug-likeness (QED) is 0.675. The van der Waals surface area contributed by atoms with Crippen LogP contribution in [0.25, 0.3) is 6.08 Å². The van der Waals surface area contributed by atoms with Crippen molar-refractivity contribution < 1.29 is 4.79 Å². The minimum Gasteiger partial charge on any atom is -0.341 e. The van der Waals surface area contributed by atoms with Gasteiger partial charge in [0.05, 0.1) is 6.04 Å². The smallest absolute Gasteiger partial charge is 0.244 e. The topological polar surface area (TPSA) is 29.1 Å². The van der Waals surface area contributed by atoms with Gasteiger partial charge in [-0.1, -0.05) is 42.5 Å². The highest BCUT2D eigenvalue weighted by Crippen LogP contribution is 2.25. The van der Waals surface area contributed by atoms with Crippen LogP contribution in [0.2, 0.25) is 0 Å². The van der Waals surface area contributed by atoms with Gasteiger partial charge < -0.3 is 5.32 Å². The summed E-state index contributed by atoms with van der Waals surface area (Å²) in [5.41, 5.74) is 1.09. The first-order chi connectivity index (χ1) is 10.8. The van der Waals surface area contributed by atoms with Crippen LogP contribution in [0, 0.1) is 0 Å². The van der Waals surface area contributed by atoms with E-state index in [4.69, 9.17) is 0 Å². The van der Waals surface area contributed by atoms with E-state index in [0.717, 1.165) is 15.3 Å². The largest absolute Gasteiger partial charge is 0.341 e. The Labute approximate surface area is 137 Å². The molecule has 1 aromatic carbocycles. The highest BCUT2D eigenvalue weighted by atomic mass is 32.1. The first-order valence-electron chi connectivity index (χ1n) is 6.93. The van der Waals surface area contributed by atoms with E-state index in [1.165, 1.54) is 0 Å². The Morgan fingerprint density at radius 1 is 0.955 bits per heavy atom. The van der Waals surface area contributed by atoms with Gasteiger partial charge in [-0.15, -0.1) is 22.7 Å². The number of carbonyl (C=O) groups excluding carboxylic acids is 1. The fraction of sp³-hybridized carbons (Fsp3) is 0.0556. The predicted molar refractivity (Wildman–Crippen MR) is 94.1 cm³/mol. The molecule has 110 valence electrons. The second-order valence-electron chi connectivity index (χ2n) is 4.72. The van der Waals surface area contributed by atoms with E-state index in [1.807, 2.05) is 71.4 Å². The zero-order valence-corrected chi connectivity index (χ0v) is 13.4. The van der Waals surface area contributed by atoms with Crippen LogP contribution in [0.4, 0.5) is 0 Å². The number of rotatable bonds is 5. The van der Waals surface area contributed by atoms with Crippen molar-refractivity contribution in [2.24, 2.45) is 0 Å². The van der Waals surface area contributed by atoms with Crippen molar-refractivity contribution in [1.82, 2.24) is 5.32 Å². The van der Waals surface area contributed by atoms with Crippen molar-refractivity contribution in [3.63, 3.8) is 0 Å². The third kappa shape index (κ3) is 3.72. The molecule has 0 aliphatic carbocycles. The lowest BCUT2D eigenvalue weighted by atomic mass is 10.1. The number of benzene rings is 1. The number of thiophene rings is 2. The molecule has 1 amide bonds. The molecule has 3 aromatic rings. The highest BCUT2D eigenvalue weighted by molar-refractivity contribution is 7.10. The molecule has 0 fully saturated rings. The van der Waals surface area contributed by atoms with Crippen molar-refractivity contribution in [3.05, 3.63) is 86.8 Å². The van der Waals surface area contributed by atoms with Crippen molar-refractivity contribution in [2.45, 2.75) is 6.04 Å². The van der Waals surface area contributed by atoms with Gasteiger partial charge in [0.25, 0.3) is 0 Å². The fourth-order valence-corrected chi connectivity index (χ4v) is 3.57. The average molecular weight is 325 g/mol. The number of nitrogens with one attached hydrogen (secondary N) is 1. The maximum absolute atomic E-state index is 12.2. The van der Waals surface area contributed by atoms with Gasteiger partial charge in [-0.25, -0.2) is 0 Å². The molecule has 1 N–H and O–H groups in total. The molecule has 0 bridgehead atoms. The maximum atomic E-state index is 12.2. The van der Waals surface area contributed by atoms with Gasteiger partial charge in [0.15, 0.2) is 0 Å². The monoisotopic (exact) mass is 325 g/mol. The minimum absolute atomic E-state index is 0.0874. The molecule has 0 saturated carbocycles.